The molecule has 1 fully saturated rings. The van der Waals surface area contributed by atoms with Gasteiger partial charge in [-0.05, 0) is 39.4 Å². The molecular weight excluding hydrogens is 204 g/mol. The summed E-state index contributed by atoms with van der Waals surface area (Å²) in [6, 6.07) is 0.723. The highest BCUT2D eigenvalue weighted by Crippen LogP contribution is 2.11. The van der Waals surface area contributed by atoms with Gasteiger partial charge in [0.05, 0.1) is 19.8 Å². The van der Waals surface area contributed by atoms with Gasteiger partial charge < -0.3 is 19.7 Å². The Bertz CT molecular complexity index is 159. The Kier molecular flexibility index (Phi) is 7.76. The van der Waals surface area contributed by atoms with E-state index >= 15 is 0 Å². The lowest BCUT2D eigenvalue weighted by Gasteiger charge is -2.26. The van der Waals surface area contributed by atoms with Gasteiger partial charge in [0.15, 0.2) is 0 Å². The van der Waals surface area contributed by atoms with Crippen molar-refractivity contribution in [2.45, 2.75) is 25.3 Å². The predicted octanol–water partition coefficient (Wildman–Crippen LogP) is 0.723. The monoisotopic (exact) mass is 230 g/mol. The molecule has 96 valence electrons. The van der Waals surface area contributed by atoms with E-state index in [2.05, 4.69) is 17.3 Å². The Morgan fingerprint density at radius 1 is 1.19 bits per heavy atom. The molecule has 0 saturated carbocycles. The van der Waals surface area contributed by atoms with Crippen LogP contribution in [0.3, 0.4) is 0 Å². The van der Waals surface area contributed by atoms with Crippen LogP contribution in [-0.2, 0) is 9.47 Å². The molecule has 16 heavy (non-hydrogen) atoms. The minimum absolute atomic E-state index is 0.692. The molecule has 0 spiro atoms. The minimum atomic E-state index is 0.692. The molecule has 1 unspecified atom stereocenters. The molecule has 0 aromatic carbocycles. The van der Waals surface area contributed by atoms with Gasteiger partial charge in [-0.15, -0.1) is 0 Å². The molecule has 1 saturated heterocycles. The molecule has 0 bridgehead atoms. The third kappa shape index (κ3) is 5.80. The summed E-state index contributed by atoms with van der Waals surface area (Å²) in [5, 5.41) is 3.44. The van der Waals surface area contributed by atoms with Crippen molar-refractivity contribution in [2.24, 2.45) is 0 Å². The molecular formula is C12H26N2O2. The fourth-order valence-corrected chi connectivity index (χ4v) is 2.08. The van der Waals surface area contributed by atoms with Crippen molar-refractivity contribution in [1.29, 1.82) is 0 Å². The van der Waals surface area contributed by atoms with E-state index in [0.717, 1.165) is 25.7 Å². The highest BCUT2D eigenvalue weighted by Gasteiger charge is 2.15. The zero-order valence-electron chi connectivity index (χ0n) is 10.7. The molecule has 1 aliphatic heterocycles. The SMILES string of the molecule is COCCOCCN(C)C1CCCNCC1. The van der Waals surface area contributed by atoms with Crippen molar-refractivity contribution in [3.05, 3.63) is 0 Å². The maximum Gasteiger partial charge on any atom is 0.0700 e. The van der Waals surface area contributed by atoms with E-state index in [-0.39, 0.29) is 0 Å². The molecule has 0 radical (unpaired) electrons. The smallest absolute Gasteiger partial charge is 0.0700 e. The molecule has 0 aromatic rings. The summed E-state index contributed by atoms with van der Waals surface area (Å²) in [5.74, 6) is 0. The van der Waals surface area contributed by atoms with Gasteiger partial charge in [0.2, 0.25) is 0 Å². The lowest BCUT2D eigenvalue weighted by Crippen LogP contribution is -2.35. The molecule has 1 N–H and O–H groups in total. The fraction of sp³-hybridized carbons (Fsp3) is 1.00. The van der Waals surface area contributed by atoms with Gasteiger partial charge in [0.1, 0.15) is 0 Å². The summed E-state index contributed by atoms with van der Waals surface area (Å²) in [4.78, 5) is 2.43. The Hall–Kier alpha value is -0.160. The summed E-state index contributed by atoms with van der Waals surface area (Å²) in [7, 11) is 3.91. The Morgan fingerprint density at radius 2 is 2.06 bits per heavy atom. The number of nitrogens with one attached hydrogen (secondary N) is 1. The second-order valence-electron chi connectivity index (χ2n) is 4.42. The van der Waals surface area contributed by atoms with E-state index in [1.807, 2.05) is 0 Å². The third-order valence-corrected chi connectivity index (χ3v) is 3.19. The van der Waals surface area contributed by atoms with Crippen LogP contribution in [-0.4, -0.2) is 64.6 Å². The van der Waals surface area contributed by atoms with Crippen LogP contribution < -0.4 is 5.32 Å². The molecule has 1 atom stereocenters. The maximum atomic E-state index is 5.48. The first-order valence-electron chi connectivity index (χ1n) is 6.32. The normalized spacial score (nSPS) is 22.3. The number of ether oxygens (including phenoxy) is 2. The molecule has 1 aliphatic rings. The molecule has 0 aromatic heterocycles. The van der Waals surface area contributed by atoms with E-state index in [9.17, 15) is 0 Å². The zero-order chi connectivity index (χ0) is 11.6. The second-order valence-corrected chi connectivity index (χ2v) is 4.42. The summed E-state index contributed by atoms with van der Waals surface area (Å²) < 4.78 is 10.4. The van der Waals surface area contributed by atoms with Crippen LogP contribution in [0.4, 0.5) is 0 Å². The first-order valence-corrected chi connectivity index (χ1v) is 6.32. The highest BCUT2D eigenvalue weighted by atomic mass is 16.5. The van der Waals surface area contributed by atoms with E-state index < -0.39 is 0 Å². The van der Waals surface area contributed by atoms with Gasteiger partial charge >= 0.3 is 0 Å². The first kappa shape index (κ1) is 13.9. The van der Waals surface area contributed by atoms with E-state index in [1.54, 1.807) is 7.11 Å². The van der Waals surface area contributed by atoms with Gasteiger partial charge in [-0.1, -0.05) is 0 Å². The summed E-state index contributed by atoms with van der Waals surface area (Å²) in [5.41, 5.74) is 0. The minimum Gasteiger partial charge on any atom is -0.382 e. The van der Waals surface area contributed by atoms with Crippen molar-refractivity contribution >= 4 is 0 Å². The highest BCUT2D eigenvalue weighted by molar-refractivity contribution is 4.73. The Morgan fingerprint density at radius 3 is 2.88 bits per heavy atom. The molecule has 0 aliphatic carbocycles. The van der Waals surface area contributed by atoms with Crippen molar-refractivity contribution in [2.75, 3.05) is 53.6 Å². The molecule has 1 heterocycles. The lowest BCUT2D eigenvalue weighted by atomic mass is 10.1. The number of rotatable bonds is 7. The fourth-order valence-electron chi connectivity index (χ4n) is 2.08. The van der Waals surface area contributed by atoms with Gasteiger partial charge in [-0.3, -0.25) is 0 Å². The average Bonchev–Trinajstić information content (AvgIpc) is 2.57. The number of hydrogen-bond acceptors (Lipinski definition) is 4. The Labute approximate surface area is 99.3 Å². The van der Waals surface area contributed by atoms with E-state index in [0.29, 0.717) is 13.2 Å². The van der Waals surface area contributed by atoms with Crippen molar-refractivity contribution in [1.82, 2.24) is 10.2 Å². The van der Waals surface area contributed by atoms with Crippen LogP contribution in [0.2, 0.25) is 0 Å². The topological polar surface area (TPSA) is 33.7 Å². The molecule has 4 heteroatoms. The third-order valence-electron chi connectivity index (χ3n) is 3.19. The van der Waals surface area contributed by atoms with Crippen LogP contribution in [0.5, 0.6) is 0 Å². The quantitative estimate of drug-likeness (QED) is 0.654. The number of likely N-dealkylation sites (N-methyl/N-ethyl adjacent to an activating group) is 1. The predicted molar refractivity (Wildman–Crippen MR) is 65.8 cm³/mol. The van der Waals surface area contributed by atoms with Gasteiger partial charge in [-0.25, -0.2) is 0 Å². The van der Waals surface area contributed by atoms with Crippen LogP contribution in [0.1, 0.15) is 19.3 Å². The molecule has 4 nitrogen and oxygen atoms in total. The van der Waals surface area contributed by atoms with E-state index in [4.69, 9.17) is 9.47 Å². The number of nitrogens with zero attached hydrogens (tertiary/aromatic N) is 1. The number of methoxy groups -OCH3 is 1. The van der Waals surface area contributed by atoms with Crippen LogP contribution in [0, 0.1) is 0 Å². The van der Waals surface area contributed by atoms with E-state index in [1.165, 1.54) is 25.8 Å². The second kappa shape index (κ2) is 8.93. The lowest BCUT2D eigenvalue weighted by molar-refractivity contribution is 0.0538. The summed E-state index contributed by atoms with van der Waals surface area (Å²) in [6.07, 6.45) is 3.86. The molecule has 1 rings (SSSR count). The summed E-state index contributed by atoms with van der Waals surface area (Å²) in [6.45, 7) is 5.56. The van der Waals surface area contributed by atoms with Gasteiger partial charge in [0.25, 0.3) is 0 Å². The first-order chi connectivity index (χ1) is 7.84. The average molecular weight is 230 g/mol. The van der Waals surface area contributed by atoms with Crippen molar-refractivity contribution in [3.63, 3.8) is 0 Å². The Balaban J connectivity index is 2.05. The maximum absolute atomic E-state index is 5.48. The largest absolute Gasteiger partial charge is 0.382 e. The van der Waals surface area contributed by atoms with Gasteiger partial charge in [-0.2, -0.15) is 0 Å². The van der Waals surface area contributed by atoms with Crippen LogP contribution >= 0.6 is 0 Å². The molecule has 0 amide bonds. The zero-order valence-corrected chi connectivity index (χ0v) is 10.7. The van der Waals surface area contributed by atoms with Crippen molar-refractivity contribution < 1.29 is 9.47 Å². The number of hydrogen-bond donors (Lipinski definition) is 1. The van der Waals surface area contributed by atoms with Crippen LogP contribution in [0.25, 0.3) is 0 Å². The van der Waals surface area contributed by atoms with Crippen LogP contribution in [0.15, 0.2) is 0 Å². The summed E-state index contributed by atoms with van der Waals surface area (Å²) >= 11 is 0. The van der Waals surface area contributed by atoms with Crippen molar-refractivity contribution in [3.8, 4) is 0 Å². The standard InChI is InChI=1S/C12H26N2O2/c1-14(8-9-16-11-10-15-2)12-4-3-6-13-7-5-12/h12-13H,3-11H2,1-2H3. The van der Waals surface area contributed by atoms with Gasteiger partial charge in [0, 0.05) is 19.7 Å².